The molecule has 1 aliphatic carbocycles. The fraction of sp³-hybridized carbons (Fsp3) is 0.800. The molecule has 0 aromatic heterocycles. The van der Waals surface area contributed by atoms with Crippen molar-refractivity contribution in [2.75, 3.05) is 33.3 Å². The van der Waals surface area contributed by atoms with Crippen LogP contribution in [0.3, 0.4) is 0 Å². The molecular formula is C15H22N2O4. The van der Waals surface area contributed by atoms with E-state index in [9.17, 15) is 14.4 Å². The first-order valence-electron chi connectivity index (χ1n) is 7.73. The third kappa shape index (κ3) is 3.04. The maximum absolute atomic E-state index is 12.5. The highest BCUT2D eigenvalue weighted by molar-refractivity contribution is 5.89. The number of nitrogens with zero attached hydrogens (tertiary/aromatic N) is 2. The lowest BCUT2D eigenvalue weighted by Crippen LogP contribution is -2.36. The SMILES string of the molecule is COC(=O)C1CCN(C(=O)C2CC(=O)N(CC3CC3)C2)C1. The van der Waals surface area contributed by atoms with E-state index in [4.69, 9.17) is 4.74 Å². The van der Waals surface area contributed by atoms with Crippen LogP contribution < -0.4 is 0 Å². The van der Waals surface area contributed by atoms with Gasteiger partial charge in [-0.05, 0) is 25.2 Å². The highest BCUT2D eigenvalue weighted by Gasteiger charge is 2.41. The molecular weight excluding hydrogens is 272 g/mol. The number of likely N-dealkylation sites (tertiary alicyclic amines) is 2. The van der Waals surface area contributed by atoms with Gasteiger partial charge in [0.05, 0.1) is 18.9 Å². The Morgan fingerprint density at radius 1 is 1.19 bits per heavy atom. The molecule has 3 fully saturated rings. The molecule has 6 heteroatoms. The van der Waals surface area contributed by atoms with E-state index in [2.05, 4.69) is 0 Å². The van der Waals surface area contributed by atoms with Gasteiger partial charge in [0, 0.05) is 32.6 Å². The van der Waals surface area contributed by atoms with E-state index in [0.717, 1.165) is 6.54 Å². The molecule has 2 saturated heterocycles. The van der Waals surface area contributed by atoms with Crippen LogP contribution in [0.15, 0.2) is 0 Å². The van der Waals surface area contributed by atoms with Gasteiger partial charge in [-0.1, -0.05) is 0 Å². The quantitative estimate of drug-likeness (QED) is 0.698. The number of methoxy groups -OCH3 is 1. The zero-order valence-electron chi connectivity index (χ0n) is 12.4. The Morgan fingerprint density at radius 3 is 2.62 bits per heavy atom. The maximum atomic E-state index is 12.5. The number of rotatable bonds is 4. The van der Waals surface area contributed by atoms with Gasteiger partial charge < -0.3 is 14.5 Å². The molecule has 3 aliphatic rings. The molecule has 6 nitrogen and oxygen atoms in total. The third-order valence-electron chi connectivity index (χ3n) is 4.77. The average molecular weight is 294 g/mol. The number of carbonyl (C=O) groups excluding carboxylic acids is 3. The van der Waals surface area contributed by atoms with E-state index in [1.165, 1.54) is 20.0 Å². The van der Waals surface area contributed by atoms with Gasteiger partial charge in [-0.2, -0.15) is 0 Å². The molecule has 21 heavy (non-hydrogen) atoms. The number of esters is 1. The van der Waals surface area contributed by atoms with Crippen LogP contribution in [-0.2, 0) is 19.1 Å². The summed E-state index contributed by atoms with van der Waals surface area (Å²) < 4.78 is 4.73. The molecule has 0 N–H and O–H groups in total. The molecule has 116 valence electrons. The van der Waals surface area contributed by atoms with E-state index in [1.54, 1.807) is 4.90 Å². The first-order chi connectivity index (χ1) is 10.1. The number of hydrogen-bond donors (Lipinski definition) is 0. The van der Waals surface area contributed by atoms with Gasteiger partial charge in [0.25, 0.3) is 0 Å². The Labute approximate surface area is 124 Å². The minimum absolute atomic E-state index is 0.0213. The van der Waals surface area contributed by atoms with E-state index in [0.29, 0.717) is 38.4 Å². The van der Waals surface area contributed by atoms with E-state index in [-0.39, 0.29) is 29.6 Å². The zero-order chi connectivity index (χ0) is 15.0. The first-order valence-corrected chi connectivity index (χ1v) is 7.73. The van der Waals surface area contributed by atoms with E-state index >= 15 is 0 Å². The lowest BCUT2D eigenvalue weighted by atomic mass is 10.1. The van der Waals surface area contributed by atoms with Crippen molar-refractivity contribution in [3.05, 3.63) is 0 Å². The molecule has 2 amide bonds. The summed E-state index contributed by atoms with van der Waals surface area (Å²) in [6, 6.07) is 0. The normalized spacial score (nSPS) is 29.1. The van der Waals surface area contributed by atoms with Crippen molar-refractivity contribution in [1.82, 2.24) is 9.80 Å². The van der Waals surface area contributed by atoms with Gasteiger partial charge in [-0.25, -0.2) is 0 Å². The van der Waals surface area contributed by atoms with E-state index in [1.807, 2.05) is 4.90 Å². The van der Waals surface area contributed by atoms with Crippen LogP contribution in [0.2, 0.25) is 0 Å². The topological polar surface area (TPSA) is 66.9 Å². The molecule has 0 bridgehead atoms. The molecule has 2 unspecified atom stereocenters. The molecule has 0 aromatic carbocycles. The van der Waals surface area contributed by atoms with Crippen LogP contribution in [-0.4, -0.2) is 60.9 Å². The predicted octanol–water partition coefficient (Wildman–Crippen LogP) is 0.266. The van der Waals surface area contributed by atoms with Crippen LogP contribution in [0.5, 0.6) is 0 Å². The third-order valence-corrected chi connectivity index (χ3v) is 4.77. The second kappa shape index (κ2) is 5.66. The van der Waals surface area contributed by atoms with Crippen molar-refractivity contribution in [1.29, 1.82) is 0 Å². The van der Waals surface area contributed by atoms with Crippen molar-refractivity contribution in [3.63, 3.8) is 0 Å². The highest BCUT2D eigenvalue weighted by Crippen LogP contribution is 2.32. The van der Waals surface area contributed by atoms with Crippen LogP contribution in [0, 0.1) is 17.8 Å². The summed E-state index contributed by atoms with van der Waals surface area (Å²) >= 11 is 0. The summed E-state index contributed by atoms with van der Waals surface area (Å²) in [5.41, 5.74) is 0. The Morgan fingerprint density at radius 2 is 1.95 bits per heavy atom. The smallest absolute Gasteiger partial charge is 0.310 e. The van der Waals surface area contributed by atoms with Crippen LogP contribution in [0.1, 0.15) is 25.7 Å². The second-order valence-electron chi connectivity index (χ2n) is 6.44. The number of hydrogen-bond acceptors (Lipinski definition) is 4. The molecule has 0 aromatic rings. The summed E-state index contributed by atoms with van der Waals surface area (Å²) in [6.45, 7) is 2.38. The van der Waals surface area contributed by atoms with Crippen LogP contribution in [0.25, 0.3) is 0 Å². The van der Waals surface area contributed by atoms with Gasteiger partial charge in [0.15, 0.2) is 0 Å². The Balaban J connectivity index is 1.54. The number of carbonyl (C=O) groups is 3. The summed E-state index contributed by atoms with van der Waals surface area (Å²) in [7, 11) is 1.37. The minimum atomic E-state index is -0.247. The zero-order valence-corrected chi connectivity index (χ0v) is 12.4. The summed E-state index contributed by atoms with van der Waals surface area (Å²) in [5, 5.41) is 0. The monoisotopic (exact) mass is 294 g/mol. The average Bonchev–Trinajstić information content (AvgIpc) is 3.02. The molecule has 0 spiro atoms. The molecule has 2 aliphatic heterocycles. The molecule has 2 heterocycles. The lowest BCUT2D eigenvalue weighted by Gasteiger charge is -2.21. The fourth-order valence-electron chi connectivity index (χ4n) is 3.30. The molecule has 0 radical (unpaired) electrons. The van der Waals surface area contributed by atoms with Crippen LogP contribution >= 0.6 is 0 Å². The van der Waals surface area contributed by atoms with Gasteiger partial charge in [0.2, 0.25) is 11.8 Å². The Hall–Kier alpha value is -1.59. The van der Waals surface area contributed by atoms with Crippen molar-refractivity contribution < 1.29 is 19.1 Å². The second-order valence-corrected chi connectivity index (χ2v) is 6.44. The van der Waals surface area contributed by atoms with Crippen LogP contribution in [0.4, 0.5) is 0 Å². The summed E-state index contributed by atoms with van der Waals surface area (Å²) in [5.74, 6) is 0.0877. The summed E-state index contributed by atoms with van der Waals surface area (Å²) in [4.78, 5) is 39.5. The standard InChI is InChI=1S/C15H22N2O4/c1-21-15(20)11-4-5-16(8-11)14(19)12-6-13(18)17(9-12)7-10-2-3-10/h10-12H,2-9H2,1H3. The number of amides is 2. The molecule has 1 saturated carbocycles. The Kier molecular flexibility index (Phi) is 3.87. The van der Waals surface area contributed by atoms with Crippen molar-refractivity contribution in [2.24, 2.45) is 17.8 Å². The van der Waals surface area contributed by atoms with Gasteiger partial charge in [-0.15, -0.1) is 0 Å². The van der Waals surface area contributed by atoms with Crippen molar-refractivity contribution in [2.45, 2.75) is 25.7 Å². The van der Waals surface area contributed by atoms with Crippen molar-refractivity contribution in [3.8, 4) is 0 Å². The minimum Gasteiger partial charge on any atom is -0.469 e. The van der Waals surface area contributed by atoms with Crippen molar-refractivity contribution >= 4 is 17.8 Å². The van der Waals surface area contributed by atoms with Gasteiger partial charge >= 0.3 is 5.97 Å². The highest BCUT2D eigenvalue weighted by atomic mass is 16.5. The molecule has 3 rings (SSSR count). The van der Waals surface area contributed by atoms with E-state index < -0.39 is 0 Å². The predicted molar refractivity (Wildman–Crippen MR) is 74.1 cm³/mol. The maximum Gasteiger partial charge on any atom is 0.310 e. The largest absolute Gasteiger partial charge is 0.469 e. The van der Waals surface area contributed by atoms with Gasteiger partial charge in [-0.3, -0.25) is 14.4 Å². The Bertz CT molecular complexity index is 461. The summed E-state index contributed by atoms with van der Waals surface area (Å²) in [6.07, 6.45) is 3.39. The lowest BCUT2D eigenvalue weighted by molar-refractivity contribution is -0.145. The van der Waals surface area contributed by atoms with Gasteiger partial charge in [0.1, 0.15) is 0 Å². The first kappa shape index (κ1) is 14.4. The fourth-order valence-corrected chi connectivity index (χ4v) is 3.30. The molecule has 2 atom stereocenters. The number of ether oxygens (including phenoxy) is 1.